The Hall–Kier alpha value is -0.570. The fourth-order valence-electron chi connectivity index (χ4n) is 1.20. The van der Waals surface area contributed by atoms with Crippen molar-refractivity contribution in [2.45, 2.75) is 52.6 Å². The van der Waals surface area contributed by atoms with Gasteiger partial charge in [0, 0.05) is 0 Å². The second-order valence-corrected chi connectivity index (χ2v) is 3.75. The van der Waals surface area contributed by atoms with E-state index < -0.39 is 6.10 Å². The first-order valence-electron chi connectivity index (χ1n) is 5.43. The Labute approximate surface area is 86.5 Å². The smallest absolute Gasteiger partial charge is 0.308 e. The predicted molar refractivity (Wildman–Crippen MR) is 55.9 cm³/mol. The van der Waals surface area contributed by atoms with Crippen LogP contribution in [-0.4, -0.2) is 23.8 Å². The number of aliphatic hydroxyl groups excluding tert-OH is 1. The molecule has 0 saturated carbocycles. The number of rotatable bonds is 7. The molecule has 0 aromatic heterocycles. The summed E-state index contributed by atoms with van der Waals surface area (Å²) >= 11 is 0. The van der Waals surface area contributed by atoms with E-state index in [-0.39, 0.29) is 12.4 Å². The second-order valence-electron chi connectivity index (χ2n) is 3.75. The molecule has 0 amide bonds. The van der Waals surface area contributed by atoms with Crippen LogP contribution in [0.2, 0.25) is 0 Å². The summed E-state index contributed by atoms with van der Waals surface area (Å²) in [5.74, 6) is 0.316. The van der Waals surface area contributed by atoms with Gasteiger partial charge in [0.05, 0.1) is 19.1 Å². The number of carbonyl (C=O) groups is 1. The third kappa shape index (κ3) is 6.89. The molecule has 0 spiro atoms. The molecule has 2 atom stereocenters. The van der Waals surface area contributed by atoms with Gasteiger partial charge in [-0.05, 0) is 25.7 Å². The summed E-state index contributed by atoms with van der Waals surface area (Å²) in [6.45, 7) is 6.43. The van der Waals surface area contributed by atoms with Crippen LogP contribution in [-0.2, 0) is 9.53 Å². The van der Waals surface area contributed by atoms with Crippen LogP contribution in [0.5, 0.6) is 0 Å². The molecular weight excluding hydrogens is 180 g/mol. The summed E-state index contributed by atoms with van der Waals surface area (Å²) in [4.78, 5) is 11.0. The molecule has 0 aliphatic heterocycles. The summed E-state index contributed by atoms with van der Waals surface area (Å²) in [6, 6.07) is 0. The SMILES string of the molecule is CCOC(=O)CC(O)CCC(C)CC. The molecule has 84 valence electrons. The maximum absolute atomic E-state index is 11.0. The molecule has 0 rings (SSSR count). The first-order valence-corrected chi connectivity index (χ1v) is 5.43. The molecule has 0 aliphatic carbocycles. The van der Waals surface area contributed by atoms with Crippen molar-refractivity contribution in [3.05, 3.63) is 0 Å². The van der Waals surface area contributed by atoms with Crippen LogP contribution in [0.1, 0.15) is 46.5 Å². The number of ether oxygens (including phenoxy) is 1. The average molecular weight is 202 g/mol. The van der Waals surface area contributed by atoms with Crippen LogP contribution < -0.4 is 0 Å². The number of esters is 1. The summed E-state index contributed by atoms with van der Waals surface area (Å²) in [5.41, 5.74) is 0. The molecule has 2 unspecified atom stereocenters. The van der Waals surface area contributed by atoms with Crippen LogP contribution in [0.25, 0.3) is 0 Å². The lowest BCUT2D eigenvalue weighted by atomic mass is 9.99. The van der Waals surface area contributed by atoms with Crippen molar-refractivity contribution in [2.75, 3.05) is 6.61 Å². The monoisotopic (exact) mass is 202 g/mol. The molecule has 0 radical (unpaired) electrons. The molecule has 1 N–H and O–H groups in total. The van der Waals surface area contributed by atoms with Gasteiger partial charge in [0.15, 0.2) is 0 Å². The highest BCUT2D eigenvalue weighted by Gasteiger charge is 2.12. The van der Waals surface area contributed by atoms with Crippen molar-refractivity contribution in [2.24, 2.45) is 5.92 Å². The van der Waals surface area contributed by atoms with Gasteiger partial charge < -0.3 is 9.84 Å². The largest absolute Gasteiger partial charge is 0.466 e. The predicted octanol–water partition coefficient (Wildman–Crippen LogP) is 2.13. The van der Waals surface area contributed by atoms with E-state index in [0.29, 0.717) is 18.9 Å². The van der Waals surface area contributed by atoms with Crippen molar-refractivity contribution in [1.82, 2.24) is 0 Å². The van der Waals surface area contributed by atoms with Crippen molar-refractivity contribution < 1.29 is 14.6 Å². The van der Waals surface area contributed by atoms with E-state index in [1.165, 1.54) is 0 Å². The highest BCUT2D eigenvalue weighted by molar-refractivity contribution is 5.69. The number of aliphatic hydroxyl groups is 1. The minimum Gasteiger partial charge on any atom is -0.466 e. The number of carbonyl (C=O) groups excluding carboxylic acids is 1. The third-order valence-electron chi connectivity index (χ3n) is 2.40. The van der Waals surface area contributed by atoms with Gasteiger partial charge in [0.2, 0.25) is 0 Å². The van der Waals surface area contributed by atoms with E-state index in [2.05, 4.69) is 13.8 Å². The average Bonchev–Trinajstić information content (AvgIpc) is 2.14. The Bertz CT molecular complexity index is 157. The Morgan fingerprint density at radius 2 is 2.00 bits per heavy atom. The number of hydrogen-bond donors (Lipinski definition) is 1. The highest BCUT2D eigenvalue weighted by atomic mass is 16.5. The van der Waals surface area contributed by atoms with Gasteiger partial charge in [-0.25, -0.2) is 0 Å². The zero-order chi connectivity index (χ0) is 11.0. The van der Waals surface area contributed by atoms with E-state index in [4.69, 9.17) is 4.74 Å². The van der Waals surface area contributed by atoms with Crippen molar-refractivity contribution in [3.8, 4) is 0 Å². The van der Waals surface area contributed by atoms with Gasteiger partial charge in [0.1, 0.15) is 0 Å². The molecule has 3 heteroatoms. The van der Waals surface area contributed by atoms with Crippen molar-refractivity contribution in [1.29, 1.82) is 0 Å². The van der Waals surface area contributed by atoms with Crippen LogP contribution in [0, 0.1) is 5.92 Å². The minimum atomic E-state index is -0.539. The molecule has 0 fully saturated rings. The lowest BCUT2D eigenvalue weighted by Gasteiger charge is -2.12. The second kappa shape index (κ2) is 7.80. The fraction of sp³-hybridized carbons (Fsp3) is 0.909. The van der Waals surface area contributed by atoms with E-state index in [0.717, 1.165) is 12.8 Å². The van der Waals surface area contributed by atoms with Crippen LogP contribution in [0.15, 0.2) is 0 Å². The van der Waals surface area contributed by atoms with Gasteiger partial charge in [-0.2, -0.15) is 0 Å². The first-order chi connectivity index (χ1) is 6.60. The third-order valence-corrected chi connectivity index (χ3v) is 2.40. The lowest BCUT2D eigenvalue weighted by molar-refractivity contribution is -0.145. The maximum Gasteiger partial charge on any atom is 0.308 e. The zero-order valence-electron chi connectivity index (χ0n) is 9.45. The molecular formula is C11H22O3. The maximum atomic E-state index is 11.0. The molecule has 0 aliphatic rings. The Kier molecular flexibility index (Phi) is 7.48. The van der Waals surface area contributed by atoms with Gasteiger partial charge >= 0.3 is 5.97 Å². The van der Waals surface area contributed by atoms with Gasteiger partial charge in [-0.15, -0.1) is 0 Å². The summed E-state index contributed by atoms with van der Waals surface area (Å²) in [6.07, 6.45) is 2.37. The topological polar surface area (TPSA) is 46.5 Å². The van der Waals surface area contributed by atoms with Crippen LogP contribution in [0.4, 0.5) is 0 Å². The summed E-state index contributed by atoms with van der Waals surface area (Å²) in [7, 11) is 0. The van der Waals surface area contributed by atoms with Crippen molar-refractivity contribution >= 4 is 5.97 Å². The van der Waals surface area contributed by atoms with Gasteiger partial charge in [-0.3, -0.25) is 4.79 Å². The normalized spacial score (nSPS) is 14.9. The fourth-order valence-corrected chi connectivity index (χ4v) is 1.20. The van der Waals surface area contributed by atoms with Gasteiger partial charge in [0.25, 0.3) is 0 Å². The zero-order valence-corrected chi connectivity index (χ0v) is 9.45. The van der Waals surface area contributed by atoms with E-state index in [1.807, 2.05) is 0 Å². The molecule has 0 bridgehead atoms. The van der Waals surface area contributed by atoms with E-state index in [9.17, 15) is 9.90 Å². The van der Waals surface area contributed by atoms with Crippen LogP contribution >= 0.6 is 0 Å². The molecule has 0 aromatic carbocycles. The van der Waals surface area contributed by atoms with Gasteiger partial charge in [-0.1, -0.05) is 20.3 Å². The molecule has 3 nitrogen and oxygen atoms in total. The first kappa shape index (κ1) is 13.4. The Balaban J connectivity index is 3.54. The Morgan fingerprint density at radius 1 is 1.36 bits per heavy atom. The van der Waals surface area contributed by atoms with E-state index in [1.54, 1.807) is 6.92 Å². The highest BCUT2D eigenvalue weighted by Crippen LogP contribution is 2.13. The standard InChI is InChI=1S/C11H22O3/c1-4-9(3)6-7-10(12)8-11(13)14-5-2/h9-10,12H,4-8H2,1-3H3. The Morgan fingerprint density at radius 3 is 2.50 bits per heavy atom. The molecule has 0 saturated heterocycles. The van der Waals surface area contributed by atoms with Crippen LogP contribution in [0.3, 0.4) is 0 Å². The number of hydrogen-bond acceptors (Lipinski definition) is 3. The molecule has 0 heterocycles. The minimum absolute atomic E-state index is 0.129. The molecule has 0 aromatic rings. The van der Waals surface area contributed by atoms with E-state index >= 15 is 0 Å². The summed E-state index contributed by atoms with van der Waals surface area (Å²) in [5, 5.41) is 9.49. The van der Waals surface area contributed by atoms with Crippen molar-refractivity contribution in [3.63, 3.8) is 0 Å². The molecule has 14 heavy (non-hydrogen) atoms. The quantitative estimate of drug-likeness (QED) is 0.643. The lowest BCUT2D eigenvalue weighted by Crippen LogP contribution is -2.16. The summed E-state index contributed by atoms with van der Waals surface area (Å²) < 4.78 is 4.75.